The minimum atomic E-state index is -0.568. The Morgan fingerprint density at radius 3 is 2.48 bits per heavy atom. The van der Waals surface area contributed by atoms with Gasteiger partial charge in [0.05, 0.1) is 16.3 Å². The number of nitro groups is 1. The lowest BCUT2D eigenvalue weighted by Gasteiger charge is -2.33. The van der Waals surface area contributed by atoms with Gasteiger partial charge in [0.2, 0.25) is 11.4 Å². The molecule has 1 amide bonds. The largest absolute Gasteiger partial charge is 0.300 e. The number of nitrogens with zero attached hydrogens (tertiary/aromatic N) is 4. The SMILES string of the molecule is O=C(C1CCC1)N(c1ccc(F)cc1C1CC1)c1ccc([N+](=O)[O-])c2nonc12. The van der Waals surface area contributed by atoms with E-state index in [9.17, 15) is 19.3 Å². The molecule has 148 valence electrons. The molecule has 2 saturated carbocycles. The first kappa shape index (κ1) is 17.7. The first-order chi connectivity index (χ1) is 14.0. The predicted molar refractivity (Wildman–Crippen MR) is 101 cm³/mol. The molecule has 3 aromatic rings. The highest BCUT2D eigenvalue weighted by atomic mass is 19.1. The van der Waals surface area contributed by atoms with E-state index < -0.39 is 4.92 Å². The summed E-state index contributed by atoms with van der Waals surface area (Å²) in [4.78, 5) is 25.7. The maximum absolute atomic E-state index is 14.0. The predicted octanol–water partition coefficient (Wildman–Crippen LogP) is 4.61. The average molecular weight is 396 g/mol. The van der Waals surface area contributed by atoms with Crippen LogP contribution in [0.4, 0.5) is 21.5 Å². The van der Waals surface area contributed by atoms with E-state index in [0.717, 1.165) is 37.7 Å². The lowest BCUT2D eigenvalue weighted by Crippen LogP contribution is -2.36. The Balaban J connectivity index is 1.72. The molecule has 1 heterocycles. The van der Waals surface area contributed by atoms with Gasteiger partial charge in [0.1, 0.15) is 5.82 Å². The van der Waals surface area contributed by atoms with Crippen LogP contribution in [0.3, 0.4) is 0 Å². The minimum absolute atomic E-state index is 0.0195. The van der Waals surface area contributed by atoms with Gasteiger partial charge in [-0.05, 0) is 71.7 Å². The number of carbonyl (C=O) groups excluding carboxylic acids is 1. The fourth-order valence-electron chi connectivity index (χ4n) is 3.82. The van der Waals surface area contributed by atoms with Crippen molar-refractivity contribution < 1.29 is 18.7 Å². The van der Waals surface area contributed by atoms with E-state index in [4.69, 9.17) is 4.63 Å². The van der Waals surface area contributed by atoms with Gasteiger partial charge >= 0.3 is 5.69 Å². The molecule has 1 aromatic heterocycles. The van der Waals surface area contributed by atoms with Gasteiger partial charge in [-0.3, -0.25) is 19.8 Å². The van der Waals surface area contributed by atoms with Crippen molar-refractivity contribution in [3.8, 4) is 0 Å². The van der Waals surface area contributed by atoms with Crippen molar-refractivity contribution >= 4 is 34.0 Å². The summed E-state index contributed by atoms with van der Waals surface area (Å²) in [6.07, 6.45) is 4.40. The Kier molecular flexibility index (Phi) is 4.04. The van der Waals surface area contributed by atoms with Crippen molar-refractivity contribution in [2.45, 2.75) is 38.0 Å². The van der Waals surface area contributed by atoms with Crippen LogP contribution >= 0.6 is 0 Å². The van der Waals surface area contributed by atoms with Crippen LogP contribution in [0.15, 0.2) is 35.0 Å². The second kappa shape index (κ2) is 6.61. The van der Waals surface area contributed by atoms with Crippen LogP contribution in [0.2, 0.25) is 0 Å². The number of halogens is 1. The summed E-state index contributed by atoms with van der Waals surface area (Å²) in [6.45, 7) is 0. The van der Waals surface area contributed by atoms with Crippen LogP contribution < -0.4 is 4.90 Å². The number of amides is 1. The molecule has 2 aromatic carbocycles. The van der Waals surface area contributed by atoms with Crippen molar-refractivity contribution in [2.75, 3.05) is 4.90 Å². The summed E-state index contributed by atoms with van der Waals surface area (Å²) in [7, 11) is 0. The number of non-ortho nitro benzene ring substituents is 1. The van der Waals surface area contributed by atoms with E-state index in [1.807, 2.05) is 0 Å². The van der Waals surface area contributed by atoms with Crippen molar-refractivity contribution in [3.63, 3.8) is 0 Å². The second-order valence-electron chi connectivity index (χ2n) is 7.60. The highest BCUT2D eigenvalue weighted by molar-refractivity contribution is 6.09. The molecule has 0 N–H and O–H groups in total. The fourth-order valence-corrected chi connectivity index (χ4v) is 3.82. The van der Waals surface area contributed by atoms with Crippen LogP contribution in [0.5, 0.6) is 0 Å². The zero-order valence-electron chi connectivity index (χ0n) is 15.4. The highest BCUT2D eigenvalue weighted by Crippen LogP contribution is 2.48. The molecule has 5 rings (SSSR count). The van der Waals surface area contributed by atoms with Gasteiger partial charge < -0.3 is 0 Å². The van der Waals surface area contributed by atoms with Crippen molar-refractivity contribution in [1.82, 2.24) is 10.3 Å². The van der Waals surface area contributed by atoms with Gasteiger partial charge in [-0.15, -0.1) is 0 Å². The molecular weight excluding hydrogens is 379 g/mol. The van der Waals surface area contributed by atoms with Gasteiger partial charge in [-0.25, -0.2) is 9.02 Å². The van der Waals surface area contributed by atoms with Crippen molar-refractivity contribution in [3.05, 3.63) is 51.8 Å². The number of fused-ring (bicyclic) bond motifs is 1. The maximum atomic E-state index is 14.0. The Hall–Kier alpha value is -3.36. The Morgan fingerprint density at radius 2 is 1.83 bits per heavy atom. The van der Waals surface area contributed by atoms with E-state index in [1.165, 1.54) is 29.2 Å². The first-order valence-electron chi connectivity index (χ1n) is 9.57. The normalized spacial score (nSPS) is 16.6. The number of carbonyl (C=O) groups is 1. The molecule has 29 heavy (non-hydrogen) atoms. The first-order valence-corrected chi connectivity index (χ1v) is 9.57. The third-order valence-electron chi connectivity index (χ3n) is 5.73. The summed E-state index contributed by atoms with van der Waals surface area (Å²) in [5.41, 5.74) is 1.58. The van der Waals surface area contributed by atoms with Gasteiger partial charge in [0.15, 0.2) is 5.52 Å². The average Bonchev–Trinajstić information content (AvgIpc) is 3.37. The van der Waals surface area contributed by atoms with E-state index >= 15 is 0 Å². The van der Waals surface area contributed by atoms with E-state index in [2.05, 4.69) is 10.3 Å². The van der Waals surface area contributed by atoms with E-state index in [1.54, 1.807) is 6.07 Å². The van der Waals surface area contributed by atoms with Gasteiger partial charge in [0, 0.05) is 12.0 Å². The van der Waals surface area contributed by atoms with Crippen LogP contribution in [-0.4, -0.2) is 21.1 Å². The number of hydrogen-bond donors (Lipinski definition) is 0. The van der Waals surface area contributed by atoms with Crippen LogP contribution in [0.1, 0.15) is 43.6 Å². The molecule has 0 saturated heterocycles. The van der Waals surface area contributed by atoms with Crippen molar-refractivity contribution in [1.29, 1.82) is 0 Å². The molecule has 0 aliphatic heterocycles. The Morgan fingerprint density at radius 1 is 1.10 bits per heavy atom. The van der Waals surface area contributed by atoms with Crippen LogP contribution in [-0.2, 0) is 4.79 Å². The molecular formula is C20H17FN4O4. The zero-order valence-corrected chi connectivity index (χ0v) is 15.4. The molecule has 2 aliphatic rings. The third kappa shape index (κ3) is 2.93. The summed E-state index contributed by atoms with van der Waals surface area (Å²) >= 11 is 0. The number of nitro benzene ring substituents is 1. The zero-order chi connectivity index (χ0) is 20.1. The highest BCUT2D eigenvalue weighted by Gasteiger charge is 2.37. The fraction of sp³-hybridized carbons (Fsp3) is 0.350. The lowest BCUT2D eigenvalue weighted by atomic mass is 9.84. The third-order valence-corrected chi connectivity index (χ3v) is 5.73. The van der Waals surface area contributed by atoms with Gasteiger partial charge in [0.25, 0.3) is 0 Å². The number of aromatic nitrogens is 2. The quantitative estimate of drug-likeness (QED) is 0.461. The van der Waals surface area contributed by atoms with Crippen molar-refractivity contribution in [2.24, 2.45) is 5.92 Å². The van der Waals surface area contributed by atoms with E-state index in [0.29, 0.717) is 11.4 Å². The van der Waals surface area contributed by atoms with E-state index in [-0.39, 0.29) is 40.3 Å². The maximum Gasteiger partial charge on any atom is 0.300 e. The molecule has 8 nitrogen and oxygen atoms in total. The Labute approximate surface area is 164 Å². The molecule has 9 heteroatoms. The van der Waals surface area contributed by atoms with Gasteiger partial charge in [-0.2, -0.15) is 0 Å². The smallest absolute Gasteiger partial charge is 0.278 e. The van der Waals surface area contributed by atoms with Crippen LogP contribution in [0.25, 0.3) is 11.0 Å². The van der Waals surface area contributed by atoms with Gasteiger partial charge in [-0.1, -0.05) is 6.42 Å². The number of benzene rings is 2. The molecule has 2 fully saturated rings. The van der Waals surface area contributed by atoms with Crippen LogP contribution in [0, 0.1) is 21.8 Å². The number of rotatable bonds is 5. The molecule has 0 bridgehead atoms. The molecule has 0 radical (unpaired) electrons. The molecule has 0 unspecified atom stereocenters. The Bertz CT molecular complexity index is 1140. The molecule has 2 aliphatic carbocycles. The molecule has 0 spiro atoms. The summed E-state index contributed by atoms with van der Waals surface area (Å²) in [5, 5.41) is 18.8. The minimum Gasteiger partial charge on any atom is -0.278 e. The number of hydrogen-bond acceptors (Lipinski definition) is 6. The standard InChI is InChI=1S/C20H17FN4O4/c21-13-6-7-15(14(10-13)11-4-5-11)24(20(26)12-2-1-3-12)16-8-9-17(25(27)28)19-18(16)22-29-23-19/h6-12H,1-5H2. The summed E-state index contributed by atoms with van der Waals surface area (Å²) in [5.74, 6) is -0.426. The summed E-state index contributed by atoms with van der Waals surface area (Å²) in [6, 6.07) is 7.18. The monoisotopic (exact) mass is 396 g/mol. The topological polar surface area (TPSA) is 102 Å². The lowest BCUT2D eigenvalue weighted by molar-refractivity contribution is -0.383. The number of anilines is 2. The second-order valence-corrected chi connectivity index (χ2v) is 7.60. The molecule has 0 atom stereocenters. The summed E-state index contributed by atoms with van der Waals surface area (Å²) < 4.78 is 18.7.